The van der Waals surface area contributed by atoms with Crippen LogP contribution in [0.3, 0.4) is 0 Å². The number of hydrogen-bond acceptors (Lipinski definition) is 2. The Morgan fingerprint density at radius 1 is 1.29 bits per heavy atom. The zero-order valence-electron chi connectivity index (χ0n) is 11.6. The SMILES string of the molecule is CC(NC(=O)[C@@H]1CC[C@H](C(=O)O)C1)c1cccc(F)c1F. The first-order valence-electron chi connectivity index (χ1n) is 6.87. The maximum atomic E-state index is 13.6. The summed E-state index contributed by atoms with van der Waals surface area (Å²) in [7, 11) is 0. The molecule has 4 nitrogen and oxygen atoms in total. The van der Waals surface area contributed by atoms with E-state index in [1.807, 2.05) is 0 Å². The molecule has 1 aliphatic rings. The summed E-state index contributed by atoms with van der Waals surface area (Å²) < 4.78 is 26.8. The first-order chi connectivity index (χ1) is 9.90. The van der Waals surface area contributed by atoms with Crippen molar-refractivity contribution in [3.8, 4) is 0 Å². The minimum Gasteiger partial charge on any atom is -0.481 e. The van der Waals surface area contributed by atoms with Crippen LogP contribution in [0, 0.1) is 23.5 Å². The van der Waals surface area contributed by atoms with Crippen molar-refractivity contribution in [2.45, 2.75) is 32.2 Å². The summed E-state index contributed by atoms with van der Waals surface area (Å²) in [5.41, 5.74) is 0.0798. The number of halogens is 2. The number of nitrogens with one attached hydrogen (secondary N) is 1. The van der Waals surface area contributed by atoms with E-state index < -0.39 is 29.6 Å². The molecule has 21 heavy (non-hydrogen) atoms. The Labute approximate surface area is 121 Å². The predicted molar refractivity (Wildman–Crippen MR) is 71.4 cm³/mol. The van der Waals surface area contributed by atoms with Gasteiger partial charge in [0.15, 0.2) is 11.6 Å². The lowest BCUT2D eigenvalue weighted by atomic mass is 10.0. The fraction of sp³-hybridized carbons (Fsp3) is 0.467. The van der Waals surface area contributed by atoms with E-state index in [-0.39, 0.29) is 17.4 Å². The van der Waals surface area contributed by atoms with Crippen LogP contribution >= 0.6 is 0 Å². The van der Waals surface area contributed by atoms with E-state index in [0.29, 0.717) is 19.3 Å². The second-order valence-corrected chi connectivity index (χ2v) is 5.42. The summed E-state index contributed by atoms with van der Waals surface area (Å²) in [6.07, 6.45) is 1.26. The molecule has 3 atom stereocenters. The van der Waals surface area contributed by atoms with Gasteiger partial charge in [0.2, 0.25) is 5.91 Å². The molecule has 1 aliphatic carbocycles. The van der Waals surface area contributed by atoms with Crippen LogP contribution < -0.4 is 5.32 Å². The van der Waals surface area contributed by atoms with Crippen LogP contribution in [0.4, 0.5) is 8.78 Å². The summed E-state index contributed by atoms with van der Waals surface area (Å²) in [6, 6.07) is 3.14. The highest BCUT2D eigenvalue weighted by Gasteiger charge is 2.34. The first-order valence-corrected chi connectivity index (χ1v) is 6.87. The molecule has 1 aromatic rings. The van der Waals surface area contributed by atoms with Crippen LogP contribution in [-0.4, -0.2) is 17.0 Å². The molecule has 1 amide bonds. The molecule has 0 bridgehead atoms. The highest BCUT2D eigenvalue weighted by Crippen LogP contribution is 2.31. The van der Waals surface area contributed by atoms with Crippen LogP contribution in [0.15, 0.2) is 18.2 Å². The Morgan fingerprint density at radius 2 is 1.95 bits per heavy atom. The average molecular weight is 297 g/mol. The number of carbonyl (C=O) groups is 2. The van der Waals surface area contributed by atoms with Crippen molar-refractivity contribution >= 4 is 11.9 Å². The normalized spacial score (nSPS) is 22.8. The number of carboxylic acids is 1. The fourth-order valence-electron chi connectivity index (χ4n) is 2.71. The van der Waals surface area contributed by atoms with Crippen molar-refractivity contribution in [1.29, 1.82) is 0 Å². The van der Waals surface area contributed by atoms with E-state index >= 15 is 0 Å². The molecule has 0 saturated heterocycles. The molecular weight excluding hydrogens is 280 g/mol. The monoisotopic (exact) mass is 297 g/mol. The van der Waals surface area contributed by atoms with E-state index in [9.17, 15) is 18.4 Å². The maximum absolute atomic E-state index is 13.6. The van der Waals surface area contributed by atoms with Crippen molar-refractivity contribution < 1.29 is 23.5 Å². The molecule has 2 N–H and O–H groups in total. The van der Waals surface area contributed by atoms with E-state index in [0.717, 1.165) is 6.07 Å². The topological polar surface area (TPSA) is 66.4 Å². The third-order valence-electron chi connectivity index (χ3n) is 3.96. The second kappa shape index (κ2) is 6.20. The Bertz CT molecular complexity index is 562. The third kappa shape index (κ3) is 3.37. The van der Waals surface area contributed by atoms with Gasteiger partial charge in [-0.15, -0.1) is 0 Å². The van der Waals surface area contributed by atoms with Crippen LogP contribution in [0.25, 0.3) is 0 Å². The molecule has 1 aromatic carbocycles. The van der Waals surface area contributed by atoms with Gasteiger partial charge in [-0.05, 0) is 32.3 Å². The molecule has 0 aliphatic heterocycles. The lowest BCUT2D eigenvalue weighted by molar-refractivity contribution is -0.141. The van der Waals surface area contributed by atoms with Crippen LogP contribution in [-0.2, 0) is 9.59 Å². The quantitative estimate of drug-likeness (QED) is 0.898. The Hall–Kier alpha value is -1.98. The van der Waals surface area contributed by atoms with Gasteiger partial charge in [-0.25, -0.2) is 8.78 Å². The van der Waals surface area contributed by atoms with Crippen molar-refractivity contribution in [3.05, 3.63) is 35.4 Å². The van der Waals surface area contributed by atoms with Gasteiger partial charge >= 0.3 is 5.97 Å². The molecule has 0 aromatic heterocycles. The minimum absolute atomic E-state index is 0.0798. The van der Waals surface area contributed by atoms with Crippen LogP contribution in [0.1, 0.15) is 37.8 Å². The van der Waals surface area contributed by atoms with Gasteiger partial charge in [-0.3, -0.25) is 9.59 Å². The first kappa shape index (κ1) is 15.4. The molecule has 6 heteroatoms. The number of benzene rings is 1. The summed E-state index contributed by atoms with van der Waals surface area (Å²) in [4.78, 5) is 22.9. The molecule has 1 unspecified atom stereocenters. The molecule has 0 radical (unpaired) electrons. The van der Waals surface area contributed by atoms with Gasteiger partial charge < -0.3 is 10.4 Å². The molecule has 1 fully saturated rings. The van der Waals surface area contributed by atoms with Crippen LogP contribution in [0.5, 0.6) is 0 Å². The number of aliphatic carboxylic acids is 1. The summed E-state index contributed by atoms with van der Waals surface area (Å²) >= 11 is 0. The smallest absolute Gasteiger partial charge is 0.306 e. The van der Waals surface area contributed by atoms with Gasteiger partial charge in [0.05, 0.1) is 12.0 Å². The zero-order valence-corrected chi connectivity index (χ0v) is 11.6. The predicted octanol–water partition coefficient (Wildman–Crippen LogP) is 2.64. The maximum Gasteiger partial charge on any atom is 0.306 e. The third-order valence-corrected chi connectivity index (χ3v) is 3.96. The van der Waals surface area contributed by atoms with Crippen molar-refractivity contribution in [3.63, 3.8) is 0 Å². The largest absolute Gasteiger partial charge is 0.481 e. The highest BCUT2D eigenvalue weighted by atomic mass is 19.2. The van der Waals surface area contributed by atoms with Crippen molar-refractivity contribution in [1.82, 2.24) is 5.32 Å². The van der Waals surface area contributed by atoms with Gasteiger partial charge in [0.25, 0.3) is 0 Å². The van der Waals surface area contributed by atoms with E-state index in [4.69, 9.17) is 5.11 Å². The Morgan fingerprint density at radius 3 is 2.57 bits per heavy atom. The van der Waals surface area contributed by atoms with Gasteiger partial charge in [0, 0.05) is 11.5 Å². The summed E-state index contributed by atoms with van der Waals surface area (Å²) in [5.74, 6) is -4.02. The molecule has 1 saturated carbocycles. The molecular formula is C15H17F2NO3. The van der Waals surface area contributed by atoms with Gasteiger partial charge in [-0.1, -0.05) is 12.1 Å². The van der Waals surface area contributed by atoms with E-state index in [2.05, 4.69) is 5.32 Å². The van der Waals surface area contributed by atoms with Crippen LogP contribution in [0.2, 0.25) is 0 Å². The van der Waals surface area contributed by atoms with Gasteiger partial charge in [0.1, 0.15) is 0 Å². The lowest BCUT2D eigenvalue weighted by Crippen LogP contribution is -2.32. The lowest BCUT2D eigenvalue weighted by Gasteiger charge is -2.18. The molecule has 0 spiro atoms. The number of rotatable bonds is 4. The second-order valence-electron chi connectivity index (χ2n) is 5.42. The standard InChI is InChI=1S/C15H17F2NO3/c1-8(11-3-2-4-12(16)13(11)17)18-14(19)9-5-6-10(7-9)15(20)21/h2-4,8-10H,5-7H2,1H3,(H,18,19)(H,20,21)/t8?,9-,10+/m1/s1. The van der Waals surface area contributed by atoms with Gasteiger partial charge in [-0.2, -0.15) is 0 Å². The average Bonchev–Trinajstić information content (AvgIpc) is 2.91. The number of hydrogen-bond donors (Lipinski definition) is 2. The number of carboxylic acid groups (broad SMARTS) is 1. The summed E-state index contributed by atoms with van der Waals surface area (Å²) in [6.45, 7) is 1.57. The van der Waals surface area contributed by atoms with Crippen molar-refractivity contribution in [2.75, 3.05) is 0 Å². The molecule has 114 valence electrons. The number of amides is 1. The molecule has 0 heterocycles. The zero-order chi connectivity index (χ0) is 15.6. The van der Waals surface area contributed by atoms with Crippen molar-refractivity contribution in [2.24, 2.45) is 11.8 Å². The Kier molecular flexibility index (Phi) is 4.55. The van der Waals surface area contributed by atoms with E-state index in [1.54, 1.807) is 6.92 Å². The number of carbonyl (C=O) groups excluding carboxylic acids is 1. The van der Waals surface area contributed by atoms with E-state index in [1.165, 1.54) is 12.1 Å². The molecule has 2 rings (SSSR count). The minimum atomic E-state index is -0.972. The fourth-order valence-corrected chi connectivity index (χ4v) is 2.71. The Balaban J connectivity index is 2.00. The highest BCUT2D eigenvalue weighted by molar-refractivity contribution is 5.81. The summed E-state index contributed by atoms with van der Waals surface area (Å²) in [5, 5.41) is 11.5.